The molecule has 0 saturated heterocycles. The minimum Gasteiger partial charge on any atom is -0.373 e. The van der Waals surface area contributed by atoms with Crippen LogP contribution < -0.4 is 0 Å². The maximum atomic E-state index is 9.60. The summed E-state index contributed by atoms with van der Waals surface area (Å²) in [6, 6.07) is 18.7. The second kappa shape index (κ2) is 7.61. The molecule has 3 aromatic rings. The summed E-state index contributed by atoms with van der Waals surface area (Å²) in [4.78, 5) is 1.24. The first kappa shape index (κ1) is 17.9. The van der Waals surface area contributed by atoms with Crippen LogP contribution in [0.2, 0.25) is 0 Å². The number of unbranched alkanes of at least 4 members (excludes halogenated alkanes) is 1. The first-order chi connectivity index (χ1) is 13.3. The van der Waals surface area contributed by atoms with Gasteiger partial charge in [0.2, 0.25) is 0 Å². The van der Waals surface area contributed by atoms with E-state index in [4.69, 9.17) is 4.74 Å². The van der Waals surface area contributed by atoms with Crippen molar-refractivity contribution in [2.45, 2.75) is 36.7 Å². The smallest absolute Gasteiger partial charge is 0.159 e. The molecule has 1 heterocycles. The fourth-order valence-electron chi connectivity index (χ4n) is 3.89. The summed E-state index contributed by atoms with van der Waals surface area (Å²) in [6.07, 6.45) is 2.22. The molecule has 1 unspecified atom stereocenters. The lowest BCUT2D eigenvalue weighted by atomic mass is 9.87. The molecular formula is C23H20N2OS. The Hall–Kier alpha value is -2.53. The van der Waals surface area contributed by atoms with E-state index in [9.17, 15) is 10.5 Å². The van der Waals surface area contributed by atoms with Gasteiger partial charge in [-0.2, -0.15) is 10.5 Å². The average molecular weight is 372 g/mol. The van der Waals surface area contributed by atoms with Gasteiger partial charge in [-0.3, -0.25) is 0 Å². The molecule has 27 heavy (non-hydrogen) atoms. The highest BCUT2D eigenvalue weighted by Crippen LogP contribution is 2.48. The van der Waals surface area contributed by atoms with Crippen molar-refractivity contribution in [2.24, 2.45) is 0 Å². The molecule has 4 heteroatoms. The lowest BCUT2D eigenvalue weighted by Gasteiger charge is -2.28. The van der Waals surface area contributed by atoms with Crippen LogP contribution in [0.4, 0.5) is 0 Å². The number of fused-ring (bicyclic) bond motifs is 2. The third kappa shape index (κ3) is 2.96. The molecule has 4 rings (SSSR count). The van der Waals surface area contributed by atoms with Crippen LogP contribution in [0.25, 0.3) is 21.5 Å². The summed E-state index contributed by atoms with van der Waals surface area (Å²) in [7, 11) is 0. The molecule has 1 atom stereocenters. The summed E-state index contributed by atoms with van der Waals surface area (Å²) in [5, 5.41) is 23.5. The molecule has 134 valence electrons. The van der Waals surface area contributed by atoms with Crippen molar-refractivity contribution in [3.63, 3.8) is 0 Å². The first-order valence-electron chi connectivity index (χ1n) is 9.31. The number of ether oxygens (including phenoxy) is 1. The van der Waals surface area contributed by atoms with Crippen molar-refractivity contribution in [3.8, 4) is 12.1 Å². The monoisotopic (exact) mass is 372 g/mol. The number of nitriles is 2. The van der Waals surface area contributed by atoms with E-state index >= 15 is 0 Å². The van der Waals surface area contributed by atoms with E-state index in [-0.39, 0.29) is 6.10 Å². The Morgan fingerprint density at radius 1 is 1.07 bits per heavy atom. The zero-order valence-corrected chi connectivity index (χ0v) is 16.1. The van der Waals surface area contributed by atoms with Crippen LogP contribution >= 0.6 is 11.8 Å². The molecule has 0 radical (unpaired) electrons. The molecule has 0 aromatic heterocycles. The van der Waals surface area contributed by atoms with Gasteiger partial charge in [-0.05, 0) is 33.7 Å². The summed E-state index contributed by atoms with van der Waals surface area (Å²) in [5.74, 6) is 0.101. The molecule has 0 fully saturated rings. The van der Waals surface area contributed by atoms with E-state index in [2.05, 4.69) is 31.2 Å². The average Bonchev–Trinajstić information content (AvgIpc) is 2.72. The van der Waals surface area contributed by atoms with Crippen molar-refractivity contribution in [2.75, 3.05) is 12.4 Å². The molecule has 0 N–H and O–H groups in total. The van der Waals surface area contributed by atoms with E-state index < -0.39 is 5.92 Å². The molecule has 3 aromatic carbocycles. The van der Waals surface area contributed by atoms with Crippen LogP contribution in [0.5, 0.6) is 0 Å². The number of hydrogen-bond acceptors (Lipinski definition) is 4. The Bertz CT molecular complexity index is 1080. The Labute approximate surface area is 163 Å². The fraction of sp³-hybridized carbons (Fsp3) is 0.304. The van der Waals surface area contributed by atoms with Gasteiger partial charge in [0.05, 0.1) is 18.2 Å². The second-order valence-electron chi connectivity index (χ2n) is 6.77. The van der Waals surface area contributed by atoms with Gasteiger partial charge in [-0.25, -0.2) is 0 Å². The van der Waals surface area contributed by atoms with Crippen molar-refractivity contribution < 1.29 is 4.74 Å². The highest BCUT2D eigenvalue weighted by Gasteiger charge is 2.28. The van der Waals surface area contributed by atoms with Gasteiger partial charge in [-0.15, -0.1) is 11.8 Å². The van der Waals surface area contributed by atoms with Crippen molar-refractivity contribution in [1.29, 1.82) is 10.5 Å². The number of rotatable bonds is 5. The van der Waals surface area contributed by atoms with Crippen LogP contribution in [0.3, 0.4) is 0 Å². The third-order valence-corrected chi connectivity index (χ3v) is 6.35. The number of nitrogens with zero attached hydrogens (tertiary/aromatic N) is 2. The molecule has 1 aliphatic rings. The Kier molecular flexibility index (Phi) is 5.03. The molecule has 0 spiro atoms. The number of thioether (sulfide) groups is 1. The van der Waals surface area contributed by atoms with Crippen LogP contribution in [-0.2, 0) is 4.74 Å². The van der Waals surface area contributed by atoms with E-state index in [1.54, 1.807) is 0 Å². The Morgan fingerprint density at radius 2 is 1.81 bits per heavy atom. The van der Waals surface area contributed by atoms with Crippen LogP contribution in [0.15, 0.2) is 47.4 Å². The molecule has 0 bridgehead atoms. The van der Waals surface area contributed by atoms with Crippen molar-refractivity contribution >= 4 is 33.3 Å². The fourth-order valence-corrected chi connectivity index (χ4v) is 5.19. The summed E-state index contributed by atoms with van der Waals surface area (Å²) < 4.78 is 6.18. The zero-order valence-electron chi connectivity index (χ0n) is 15.2. The van der Waals surface area contributed by atoms with Crippen molar-refractivity contribution in [3.05, 3.63) is 53.6 Å². The maximum absolute atomic E-state index is 9.60. The molecular weight excluding hydrogens is 352 g/mol. The van der Waals surface area contributed by atoms with E-state index in [1.165, 1.54) is 10.5 Å². The van der Waals surface area contributed by atoms with Crippen molar-refractivity contribution in [1.82, 2.24) is 0 Å². The largest absolute Gasteiger partial charge is 0.373 e. The molecule has 1 aliphatic heterocycles. The summed E-state index contributed by atoms with van der Waals surface area (Å²) in [6.45, 7) is 2.92. The minimum absolute atomic E-state index is 0.0504. The predicted molar refractivity (Wildman–Crippen MR) is 110 cm³/mol. The summed E-state index contributed by atoms with van der Waals surface area (Å²) in [5.41, 5.74) is 2.00. The topological polar surface area (TPSA) is 56.8 Å². The predicted octanol–water partition coefficient (Wildman–Crippen LogP) is 6.09. The van der Waals surface area contributed by atoms with Gasteiger partial charge in [0, 0.05) is 22.6 Å². The molecule has 3 nitrogen and oxygen atoms in total. The lowest BCUT2D eigenvalue weighted by Crippen LogP contribution is -2.13. The Balaban J connectivity index is 2.02. The van der Waals surface area contributed by atoms with Gasteiger partial charge < -0.3 is 4.74 Å². The highest BCUT2D eigenvalue weighted by atomic mass is 32.2. The standard InChI is InChI=1S/C23H20N2OS/c1-2-3-11-26-20-14-27-23-17-8-5-4-7-16(17)21(15(12-24)13-25)19-10-6-9-18(20)22(19)23/h4-10,15,20H,2-3,11,14H2,1H3. The molecule has 0 amide bonds. The van der Waals surface area contributed by atoms with Crippen LogP contribution in [0.1, 0.15) is 42.9 Å². The number of hydrogen-bond donors (Lipinski definition) is 0. The number of benzene rings is 3. The van der Waals surface area contributed by atoms with Gasteiger partial charge in [0.15, 0.2) is 5.92 Å². The maximum Gasteiger partial charge on any atom is 0.159 e. The quantitative estimate of drug-likeness (QED) is 0.402. The van der Waals surface area contributed by atoms with E-state index in [0.717, 1.165) is 52.3 Å². The lowest BCUT2D eigenvalue weighted by molar-refractivity contribution is 0.0673. The second-order valence-corrected chi connectivity index (χ2v) is 7.80. The third-order valence-electron chi connectivity index (χ3n) is 5.17. The Morgan fingerprint density at radius 3 is 2.56 bits per heavy atom. The normalized spacial score (nSPS) is 15.8. The van der Waals surface area contributed by atoms with E-state index in [0.29, 0.717) is 0 Å². The minimum atomic E-state index is -0.786. The van der Waals surface area contributed by atoms with Crippen LogP contribution in [0, 0.1) is 22.7 Å². The van der Waals surface area contributed by atoms with Crippen LogP contribution in [-0.4, -0.2) is 12.4 Å². The van der Waals surface area contributed by atoms with Gasteiger partial charge in [0.1, 0.15) is 0 Å². The van der Waals surface area contributed by atoms with E-state index in [1.807, 2.05) is 42.1 Å². The van der Waals surface area contributed by atoms with Gasteiger partial charge in [0.25, 0.3) is 0 Å². The molecule has 0 aliphatic carbocycles. The molecule has 0 saturated carbocycles. The highest BCUT2D eigenvalue weighted by molar-refractivity contribution is 7.99. The summed E-state index contributed by atoms with van der Waals surface area (Å²) >= 11 is 1.82. The first-order valence-corrected chi connectivity index (χ1v) is 10.3. The zero-order chi connectivity index (χ0) is 18.8. The van der Waals surface area contributed by atoms with Gasteiger partial charge in [-0.1, -0.05) is 55.8 Å². The van der Waals surface area contributed by atoms with Gasteiger partial charge >= 0.3 is 0 Å². The SMILES string of the molecule is CCCCOC1CSc2c3ccccc3c(C(C#N)C#N)c3cccc1c23.